The van der Waals surface area contributed by atoms with Crippen LogP contribution < -0.4 is 0 Å². The summed E-state index contributed by atoms with van der Waals surface area (Å²) in [6, 6.07) is 7.89. The van der Waals surface area contributed by atoms with Gasteiger partial charge in [-0.3, -0.25) is 0 Å². The van der Waals surface area contributed by atoms with Crippen molar-refractivity contribution in [2.75, 3.05) is 0 Å². The fraction of sp³-hybridized carbons (Fsp3) is 0. The molecule has 86 valence electrons. The monoisotopic (exact) mass is 235 g/mol. The van der Waals surface area contributed by atoms with E-state index in [1.807, 2.05) is 36.7 Å². The zero-order valence-corrected chi connectivity index (χ0v) is 9.41. The summed E-state index contributed by atoms with van der Waals surface area (Å²) >= 11 is 0. The van der Waals surface area contributed by atoms with Crippen molar-refractivity contribution < 1.29 is 0 Å². The molecule has 0 bridgehead atoms. The molecule has 4 aromatic rings. The Morgan fingerprint density at radius 3 is 3.06 bits per heavy atom. The third-order valence-electron chi connectivity index (χ3n) is 2.98. The largest absolute Gasteiger partial charge is 0.345 e. The SMILES string of the molecule is c1cnc2[nH]cc(-c3ccc4nccn4n3)c2c1. The van der Waals surface area contributed by atoms with Crippen molar-refractivity contribution in [3.63, 3.8) is 0 Å². The summed E-state index contributed by atoms with van der Waals surface area (Å²) in [4.78, 5) is 11.6. The Labute approximate surface area is 102 Å². The molecular formula is C13H9N5. The number of rotatable bonds is 1. The predicted molar refractivity (Wildman–Crippen MR) is 68.1 cm³/mol. The third-order valence-corrected chi connectivity index (χ3v) is 2.98. The van der Waals surface area contributed by atoms with E-state index in [-0.39, 0.29) is 0 Å². The maximum atomic E-state index is 4.53. The van der Waals surface area contributed by atoms with Crippen LogP contribution in [0.2, 0.25) is 0 Å². The van der Waals surface area contributed by atoms with Gasteiger partial charge >= 0.3 is 0 Å². The first kappa shape index (κ1) is 9.35. The van der Waals surface area contributed by atoms with Crippen molar-refractivity contribution in [3.8, 4) is 11.3 Å². The van der Waals surface area contributed by atoms with Gasteiger partial charge < -0.3 is 4.98 Å². The lowest BCUT2D eigenvalue weighted by Crippen LogP contribution is -1.92. The van der Waals surface area contributed by atoms with Gasteiger partial charge in [0.25, 0.3) is 0 Å². The molecule has 4 heterocycles. The van der Waals surface area contributed by atoms with Gasteiger partial charge in [-0.1, -0.05) is 0 Å². The maximum absolute atomic E-state index is 4.53. The van der Waals surface area contributed by atoms with Crippen LogP contribution in [0.4, 0.5) is 0 Å². The fourth-order valence-electron chi connectivity index (χ4n) is 2.13. The van der Waals surface area contributed by atoms with E-state index < -0.39 is 0 Å². The smallest absolute Gasteiger partial charge is 0.153 e. The zero-order valence-electron chi connectivity index (χ0n) is 9.41. The van der Waals surface area contributed by atoms with Gasteiger partial charge in [-0.05, 0) is 24.3 Å². The Morgan fingerprint density at radius 2 is 2.06 bits per heavy atom. The zero-order chi connectivity index (χ0) is 11.9. The van der Waals surface area contributed by atoms with Crippen LogP contribution in [0.3, 0.4) is 0 Å². The molecule has 0 aliphatic carbocycles. The van der Waals surface area contributed by atoms with E-state index in [1.54, 1.807) is 16.9 Å². The Hall–Kier alpha value is -2.69. The van der Waals surface area contributed by atoms with Crippen molar-refractivity contribution >= 4 is 16.7 Å². The van der Waals surface area contributed by atoms with Gasteiger partial charge in [-0.15, -0.1) is 0 Å². The van der Waals surface area contributed by atoms with Gasteiger partial charge in [-0.25, -0.2) is 14.5 Å². The van der Waals surface area contributed by atoms with Crippen molar-refractivity contribution in [2.24, 2.45) is 0 Å². The van der Waals surface area contributed by atoms with Gasteiger partial charge in [0, 0.05) is 35.7 Å². The topological polar surface area (TPSA) is 58.9 Å². The number of pyridine rings is 1. The molecule has 0 atom stereocenters. The average Bonchev–Trinajstić information content (AvgIpc) is 3.04. The van der Waals surface area contributed by atoms with Crippen molar-refractivity contribution in [1.82, 2.24) is 24.6 Å². The number of hydrogen-bond donors (Lipinski definition) is 1. The van der Waals surface area contributed by atoms with E-state index >= 15 is 0 Å². The molecule has 0 spiro atoms. The molecule has 0 aromatic carbocycles. The highest BCUT2D eigenvalue weighted by molar-refractivity contribution is 5.92. The van der Waals surface area contributed by atoms with Crippen molar-refractivity contribution in [3.05, 3.63) is 49.1 Å². The predicted octanol–water partition coefficient (Wildman–Crippen LogP) is 2.27. The van der Waals surface area contributed by atoms with E-state index in [0.29, 0.717) is 0 Å². The highest BCUT2D eigenvalue weighted by Crippen LogP contribution is 2.25. The molecule has 0 saturated heterocycles. The highest BCUT2D eigenvalue weighted by atomic mass is 15.2. The van der Waals surface area contributed by atoms with Gasteiger partial charge in [-0.2, -0.15) is 5.10 Å². The number of aromatic amines is 1. The Bertz CT molecular complexity index is 842. The summed E-state index contributed by atoms with van der Waals surface area (Å²) < 4.78 is 1.77. The molecule has 5 nitrogen and oxygen atoms in total. The van der Waals surface area contributed by atoms with E-state index in [4.69, 9.17) is 0 Å². The lowest BCUT2D eigenvalue weighted by atomic mass is 10.1. The van der Waals surface area contributed by atoms with Crippen LogP contribution in [-0.2, 0) is 0 Å². The molecule has 0 radical (unpaired) electrons. The minimum absolute atomic E-state index is 0.844. The van der Waals surface area contributed by atoms with Gasteiger partial charge in [0.2, 0.25) is 0 Å². The van der Waals surface area contributed by atoms with Crippen LogP contribution in [0.1, 0.15) is 0 Å². The maximum Gasteiger partial charge on any atom is 0.153 e. The number of H-pyrrole nitrogens is 1. The molecule has 1 N–H and O–H groups in total. The van der Waals surface area contributed by atoms with E-state index in [2.05, 4.69) is 20.1 Å². The molecule has 0 amide bonds. The molecule has 4 rings (SSSR count). The van der Waals surface area contributed by atoms with E-state index in [0.717, 1.165) is 27.9 Å². The number of fused-ring (bicyclic) bond motifs is 2. The minimum atomic E-state index is 0.844. The van der Waals surface area contributed by atoms with E-state index in [9.17, 15) is 0 Å². The Kier molecular flexibility index (Phi) is 1.77. The van der Waals surface area contributed by atoms with Crippen LogP contribution in [0.25, 0.3) is 27.9 Å². The summed E-state index contributed by atoms with van der Waals surface area (Å²) in [6.45, 7) is 0. The number of nitrogens with zero attached hydrogens (tertiary/aromatic N) is 4. The van der Waals surface area contributed by atoms with Gasteiger partial charge in [0.1, 0.15) is 5.65 Å². The molecule has 0 unspecified atom stereocenters. The summed E-state index contributed by atoms with van der Waals surface area (Å²) in [5.74, 6) is 0. The molecule has 0 saturated carbocycles. The first-order valence-electron chi connectivity index (χ1n) is 5.65. The van der Waals surface area contributed by atoms with Crippen molar-refractivity contribution in [1.29, 1.82) is 0 Å². The van der Waals surface area contributed by atoms with Gasteiger partial charge in [0.05, 0.1) is 5.69 Å². The quantitative estimate of drug-likeness (QED) is 0.550. The third kappa shape index (κ3) is 1.24. The fourth-order valence-corrected chi connectivity index (χ4v) is 2.13. The second-order valence-electron chi connectivity index (χ2n) is 4.05. The Balaban J connectivity index is 2.00. The molecule has 5 heteroatoms. The molecule has 0 aliphatic rings. The standard InChI is InChI=1S/C13H9N5/c1-2-9-10(8-16-13(9)15-5-1)11-3-4-12-14-6-7-18(12)17-11/h1-8H,(H,15,16). The lowest BCUT2D eigenvalue weighted by molar-refractivity contribution is 0.943. The molecule has 18 heavy (non-hydrogen) atoms. The number of hydrogen-bond acceptors (Lipinski definition) is 3. The van der Waals surface area contributed by atoms with Crippen molar-refractivity contribution in [2.45, 2.75) is 0 Å². The van der Waals surface area contributed by atoms with Gasteiger partial charge in [0.15, 0.2) is 5.65 Å². The minimum Gasteiger partial charge on any atom is -0.345 e. The Morgan fingerprint density at radius 1 is 1.06 bits per heavy atom. The summed E-state index contributed by atoms with van der Waals surface area (Å²) in [6.07, 6.45) is 7.28. The second-order valence-corrected chi connectivity index (χ2v) is 4.05. The molecule has 0 fully saturated rings. The van der Waals surface area contributed by atoms with Crippen LogP contribution in [0, 0.1) is 0 Å². The summed E-state index contributed by atoms with van der Waals surface area (Å²) in [7, 11) is 0. The molecule has 0 aliphatic heterocycles. The average molecular weight is 235 g/mol. The number of nitrogens with one attached hydrogen (secondary N) is 1. The molecule has 4 aromatic heterocycles. The van der Waals surface area contributed by atoms with Crippen LogP contribution in [0.5, 0.6) is 0 Å². The first-order chi connectivity index (χ1) is 8.92. The summed E-state index contributed by atoms with van der Waals surface area (Å²) in [5, 5.41) is 5.61. The second kappa shape index (κ2) is 3.40. The number of imidazole rings is 1. The number of aromatic nitrogens is 5. The van der Waals surface area contributed by atoms with E-state index in [1.165, 1.54) is 0 Å². The van der Waals surface area contributed by atoms with Crippen LogP contribution in [0.15, 0.2) is 49.1 Å². The highest BCUT2D eigenvalue weighted by Gasteiger charge is 2.08. The lowest BCUT2D eigenvalue weighted by Gasteiger charge is -1.99. The van der Waals surface area contributed by atoms with Crippen LogP contribution >= 0.6 is 0 Å². The first-order valence-corrected chi connectivity index (χ1v) is 5.65. The normalized spacial score (nSPS) is 11.3. The summed E-state index contributed by atoms with van der Waals surface area (Å²) in [5.41, 5.74) is 3.67. The van der Waals surface area contributed by atoms with Crippen LogP contribution in [-0.4, -0.2) is 24.6 Å². The molecular weight excluding hydrogens is 226 g/mol.